The molecule has 1 aromatic carbocycles. The van der Waals surface area contributed by atoms with Crippen LogP contribution in [0.2, 0.25) is 5.02 Å². The molecule has 1 aromatic heterocycles. The van der Waals surface area contributed by atoms with Gasteiger partial charge in [-0.2, -0.15) is 18.2 Å². The SMILES string of the molecule is FC(F)F.O=C(COC1CC(O)C1)NC12CC(c3noc(-c4ccc(Cl)cc4)n3)(C1)C2. The second kappa shape index (κ2) is 8.40. The number of ether oxygens (including phenoxy) is 1. The van der Waals surface area contributed by atoms with Crippen molar-refractivity contribution in [3.8, 4) is 11.5 Å². The van der Waals surface area contributed by atoms with Crippen LogP contribution in [-0.4, -0.2) is 52.2 Å². The first-order valence-corrected chi connectivity index (χ1v) is 10.2. The van der Waals surface area contributed by atoms with Gasteiger partial charge in [-0.25, -0.2) is 0 Å². The average Bonchev–Trinajstić information content (AvgIpc) is 3.09. The highest BCUT2D eigenvalue weighted by molar-refractivity contribution is 6.30. The van der Waals surface area contributed by atoms with Gasteiger partial charge >= 0.3 is 6.68 Å². The Balaban J connectivity index is 0.000000535. The molecule has 0 atom stereocenters. The van der Waals surface area contributed by atoms with Crippen LogP contribution < -0.4 is 5.32 Å². The van der Waals surface area contributed by atoms with Gasteiger partial charge < -0.3 is 19.7 Å². The Kier molecular flexibility index (Phi) is 5.97. The van der Waals surface area contributed by atoms with Crippen LogP contribution in [0.1, 0.15) is 37.9 Å². The Morgan fingerprint density at radius 3 is 2.45 bits per heavy atom. The lowest BCUT2D eigenvalue weighted by Crippen LogP contribution is -2.77. The van der Waals surface area contributed by atoms with Crippen molar-refractivity contribution in [3.63, 3.8) is 0 Å². The number of amides is 1. The summed E-state index contributed by atoms with van der Waals surface area (Å²) in [7, 11) is 0. The molecule has 11 heteroatoms. The molecular weight excluding hydrogens is 439 g/mol. The summed E-state index contributed by atoms with van der Waals surface area (Å²) in [6, 6.07) is 7.28. The summed E-state index contributed by atoms with van der Waals surface area (Å²) in [5, 5.41) is 17.1. The zero-order valence-electron chi connectivity index (χ0n) is 16.4. The quantitative estimate of drug-likeness (QED) is 0.687. The van der Waals surface area contributed by atoms with Crippen LogP contribution >= 0.6 is 11.6 Å². The molecule has 2 aromatic rings. The molecule has 4 fully saturated rings. The molecule has 168 valence electrons. The maximum Gasteiger partial charge on any atom is 0.379 e. The summed E-state index contributed by atoms with van der Waals surface area (Å²) in [6.45, 7) is -3.62. The second-order valence-corrected chi connectivity index (χ2v) is 8.81. The molecule has 2 N–H and O–H groups in total. The molecule has 31 heavy (non-hydrogen) atoms. The Morgan fingerprint density at radius 2 is 1.87 bits per heavy atom. The van der Waals surface area contributed by atoms with Crippen LogP contribution in [0.4, 0.5) is 13.2 Å². The van der Waals surface area contributed by atoms with E-state index in [0.29, 0.717) is 29.6 Å². The maximum absolute atomic E-state index is 12.1. The Hall–Kier alpha value is -2.17. The fraction of sp³-hybridized carbons (Fsp3) is 0.550. The van der Waals surface area contributed by atoms with Crippen molar-refractivity contribution < 1.29 is 32.3 Å². The fourth-order valence-electron chi connectivity index (χ4n) is 4.51. The van der Waals surface area contributed by atoms with Gasteiger partial charge in [0.2, 0.25) is 5.91 Å². The molecule has 4 aliphatic carbocycles. The molecule has 0 radical (unpaired) electrons. The maximum atomic E-state index is 12.1. The Bertz CT molecular complexity index is 911. The van der Waals surface area contributed by atoms with Gasteiger partial charge in [0.1, 0.15) is 6.61 Å². The lowest BCUT2D eigenvalue weighted by molar-refractivity contribution is -0.149. The predicted molar refractivity (Wildman–Crippen MR) is 103 cm³/mol. The summed E-state index contributed by atoms with van der Waals surface area (Å²) in [6.07, 6.45) is 3.46. The number of carbonyl (C=O) groups is 1. The zero-order valence-corrected chi connectivity index (χ0v) is 17.1. The Morgan fingerprint density at radius 1 is 1.26 bits per heavy atom. The van der Waals surface area contributed by atoms with E-state index in [0.717, 1.165) is 24.8 Å². The van der Waals surface area contributed by atoms with Crippen molar-refractivity contribution in [1.82, 2.24) is 15.5 Å². The molecule has 0 aliphatic heterocycles. The van der Waals surface area contributed by atoms with Crippen molar-refractivity contribution >= 4 is 17.5 Å². The molecule has 6 rings (SSSR count). The van der Waals surface area contributed by atoms with Crippen LogP contribution in [0.25, 0.3) is 11.5 Å². The predicted octanol–water partition coefficient (Wildman–Crippen LogP) is 3.40. The van der Waals surface area contributed by atoms with E-state index in [4.69, 9.17) is 20.9 Å². The van der Waals surface area contributed by atoms with E-state index in [9.17, 15) is 23.1 Å². The number of aliphatic hydroxyl groups is 1. The van der Waals surface area contributed by atoms with Crippen molar-refractivity contribution in [2.75, 3.05) is 6.61 Å². The molecule has 4 aliphatic rings. The summed E-state index contributed by atoms with van der Waals surface area (Å²) in [5.74, 6) is 1.10. The number of hydrogen-bond acceptors (Lipinski definition) is 6. The van der Waals surface area contributed by atoms with Gasteiger partial charge in [-0.15, -0.1) is 0 Å². The molecule has 4 saturated carbocycles. The number of benzene rings is 1. The molecule has 1 heterocycles. The van der Waals surface area contributed by atoms with E-state index in [1.54, 1.807) is 12.1 Å². The third-order valence-corrected chi connectivity index (χ3v) is 6.20. The first kappa shape index (κ1) is 22.0. The van der Waals surface area contributed by atoms with Gasteiger partial charge in [-0.05, 0) is 56.4 Å². The van der Waals surface area contributed by atoms with Gasteiger partial charge in [-0.3, -0.25) is 4.79 Å². The lowest BCUT2D eigenvalue weighted by Gasteiger charge is -2.69. The van der Waals surface area contributed by atoms with E-state index < -0.39 is 6.68 Å². The summed E-state index contributed by atoms with van der Waals surface area (Å²) < 4.78 is 39.9. The topological polar surface area (TPSA) is 97.5 Å². The minimum Gasteiger partial charge on any atom is -0.393 e. The Labute approximate surface area is 180 Å². The minimum atomic E-state index is -3.67. The van der Waals surface area contributed by atoms with Crippen LogP contribution in [0.3, 0.4) is 0 Å². The van der Waals surface area contributed by atoms with Gasteiger partial charge in [0.15, 0.2) is 5.82 Å². The highest BCUT2D eigenvalue weighted by Crippen LogP contribution is 2.67. The van der Waals surface area contributed by atoms with Crippen molar-refractivity contribution in [2.45, 2.75) is 61.9 Å². The smallest absolute Gasteiger partial charge is 0.379 e. The molecule has 1 amide bonds. The fourth-order valence-corrected chi connectivity index (χ4v) is 4.63. The van der Waals surface area contributed by atoms with E-state index in [2.05, 4.69) is 15.5 Å². The van der Waals surface area contributed by atoms with Crippen LogP contribution in [0.5, 0.6) is 0 Å². The van der Waals surface area contributed by atoms with Gasteiger partial charge in [0.05, 0.1) is 12.2 Å². The molecule has 7 nitrogen and oxygen atoms in total. The molecular formula is C20H21ClF3N3O4. The summed E-state index contributed by atoms with van der Waals surface area (Å²) in [4.78, 5) is 16.7. The highest BCUT2D eigenvalue weighted by atomic mass is 35.5. The van der Waals surface area contributed by atoms with Gasteiger partial charge in [0.25, 0.3) is 5.89 Å². The number of alkyl halides is 3. The number of rotatable bonds is 6. The number of carbonyl (C=O) groups excluding carboxylic acids is 1. The molecule has 2 bridgehead atoms. The first-order valence-electron chi connectivity index (χ1n) is 9.82. The number of halogens is 4. The van der Waals surface area contributed by atoms with Crippen molar-refractivity contribution in [2.24, 2.45) is 0 Å². The van der Waals surface area contributed by atoms with E-state index >= 15 is 0 Å². The second-order valence-electron chi connectivity index (χ2n) is 8.37. The van der Waals surface area contributed by atoms with E-state index in [1.165, 1.54) is 0 Å². The summed E-state index contributed by atoms with van der Waals surface area (Å²) in [5.41, 5.74) is 0.604. The average molecular weight is 460 g/mol. The number of nitrogens with zero attached hydrogens (tertiary/aromatic N) is 2. The first-order chi connectivity index (χ1) is 14.7. The third kappa shape index (κ3) is 4.70. The zero-order chi connectivity index (χ0) is 22.2. The monoisotopic (exact) mass is 459 g/mol. The highest BCUT2D eigenvalue weighted by Gasteiger charge is 2.71. The molecule has 0 spiro atoms. The normalized spacial score (nSPS) is 30.4. The number of aliphatic hydroxyl groups excluding tert-OH is 1. The standard InChI is InChI=1S/C19H20ClN3O4.CHF3/c20-12-3-1-11(2-4-12)16-21-17(23-27-16)18-8-19(9-18,10-18)22-15(25)7-26-14-5-13(24)6-14;2-1(3)4/h1-4,13-14,24H,5-10H2,(H,22,25);1H. The molecule has 0 unspecified atom stereocenters. The van der Waals surface area contributed by atoms with E-state index in [-0.39, 0.29) is 35.7 Å². The minimum absolute atomic E-state index is 0.00995. The van der Waals surface area contributed by atoms with E-state index in [1.807, 2.05) is 12.1 Å². The number of hydrogen-bond donors (Lipinski definition) is 2. The lowest BCUT2D eigenvalue weighted by atomic mass is 9.39. The number of nitrogens with one attached hydrogen (secondary N) is 1. The van der Waals surface area contributed by atoms with Crippen molar-refractivity contribution in [3.05, 3.63) is 35.1 Å². The third-order valence-electron chi connectivity index (χ3n) is 5.95. The van der Waals surface area contributed by atoms with Gasteiger partial charge in [0, 0.05) is 21.5 Å². The van der Waals surface area contributed by atoms with Crippen molar-refractivity contribution in [1.29, 1.82) is 0 Å². The van der Waals surface area contributed by atoms with Crippen LogP contribution in [0.15, 0.2) is 28.8 Å². The number of aromatic nitrogens is 2. The largest absolute Gasteiger partial charge is 0.393 e. The van der Waals surface area contributed by atoms with Crippen LogP contribution in [-0.2, 0) is 14.9 Å². The molecule has 0 saturated heterocycles. The summed E-state index contributed by atoms with van der Waals surface area (Å²) >= 11 is 5.91. The van der Waals surface area contributed by atoms with Crippen LogP contribution in [0, 0.1) is 0 Å². The van der Waals surface area contributed by atoms with Gasteiger partial charge in [-0.1, -0.05) is 16.8 Å².